The van der Waals surface area contributed by atoms with E-state index in [1.807, 2.05) is 26.0 Å². The fourth-order valence-electron chi connectivity index (χ4n) is 3.59. The number of carbonyl (C=O) groups is 1. The van der Waals surface area contributed by atoms with Gasteiger partial charge in [0.2, 0.25) is 5.91 Å². The van der Waals surface area contributed by atoms with Crippen molar-refractivity contribution in [1.29, 1.82) is 0 Å². The van der Waals surface area contributed by atoms with Crippen molar-refractivity contribution in [1.82, 2.24) is 19.9 Å². The molecule has 0 radical (unpaired) electrons. The average molecular weight is 481 g/mol. The second kappa shape index (κ2) is 8.93. The van der Waals surface area contributed by atoms with Crippen LogP contribution in [0.25, 0.3) is 11.7 Å². The first-order valence-electron chi connectivity index (χ1n) is 10.2. The van der Waals surface area contributed by atoms with E-state index >= 15 is 0 Å². The molecule has 174 valence electrons. The van der Waals surface area contributed by atoms with E-state index in [0.717, 1.165) is 28.2 Å². The van der Waals surface area contributed by atoms with Crippen molar-refractivity contribution in [2.24, 2.45) is 0 Å². The van der Waals surface area contributed by atoms with E-state index in [9.17, 15) is 18.0 Å². The molecule has 1 unspecified atom stereocenters. The van der Waals surface area contributed by atoms with Gasteiger partial charge in [-0.2, -0.15) is 13.2 Å². The number of ether oxygens (including phenoxy) is 2. The van der Waals surface area contributed by atoms with Crippen LogP contribution >= 0.6 is 11.6 Å². The fourth-order valence-corrected chi connectivity index (χ4v) is 3.80. The highest BCUT2D eigenvalue weighted by Crippen LogP contribution is 2.36. The highest BCUT2D eigenvalue weighted by molar-refractivity contribution is 6.30. The molecule has 1 aliphatic rings. The zero-order chi connectivity index (χ0) is 23.8. The number of carbonyl (C=O) groups excluding carboxylic acids is 1. The smallest absolute Gasteiger partial charge is 0.420 e. The lowest BCUT2D eigenvalue weighted by molar-refractivity contribution is -0.136. The zero-order valence-corrected chi connectivity index (χ0v) is 18.5. The lowest BCUT2D eigenvalue weighted by Gasteiger charge is -2.10. The first-order chi connectivity index (χ1) is 15.7. The Morgan fingerprint density at radius 3 is 2.88 bits per heavy atom. The molecule has 0 spiro atoms. The van der Waals surface area contributed by atoms with E-state index in [2.05, 4.69) is 15.5 Å². The third kappa shape index (κ3) is 4.90. The van der Waals surface area contributed by atoms with Crippen LogP contribution in [0.15, 0.2) is 30.5 Å². The van der Waals surface area contributed by atoms with Gasteiger partial charge in [0.15, 0.2) is 11.5 Å². The summed E-state index contributed by atoms with van der Waals surface area (Å²) in [6.45, 7) is 4.16. The average Bonchev–Trinajstić information content (AvgIpc) is 3.31. The standard InChI is InChI=1S/C22H20ClF3N4O3/c1-3-32-17-8-14-6-12(2)33-18(14)7-13(17)4-5-20(31)27-10-19-28-29-21-16(22(24,25)26)9-15(23)11-30(19)21/h4-5,7-9,11-12H,3,6,10H2,1-2H3,(H,27,31). The van der Waals surface area contributed by atoms with Crippen LogP contribution in [0.5, 0.6) is 11.5 Å². The maximum atomic E-state index is 13.2. The van der Waals surface area contributed by atoms with Gasteiger partial charge in [-0.15, -0.1) is 10.2 Å². The number of nitrogens with zero attached hydrogens (tertiary/aromatic N) is 3. The van der Waals surface area contributed by atoms with Crippen LogP contribution in [0.4, 0.5) is 13.2 Å². The van der Waals surface area contributed by atoms with Crippen LogP contribution in [-0.2, 0) is 23.9 Å². The number of amides is 1. The Bertz CT molecular complexity index is 1240. The second-order valence-corrected chi connectivity index (χ2v) is 7.93. The predicted molar refractivity (Wildman–Crippen MR) is 115 cm³/mol. The highest BCUT2D eigenvalue weighted by Gasteiger charge is 2.35. The third-order valence-electron chi connectivity index (χ3n) is 5.01. The van der Waals surface area contributed by atoms with Crippen molar-refractivity contribution in [2.45, 2.75) is 39.1 Å². The molecule has 11 heteroatoms. The first kappa shape index (κ1) is 22.9. The second-order valence-electron chi connectivity index (χ2n) is 7.49. The van der Waals surface area contributed by atoms with Gasteiger partial charge in [-0.3, -0.25) is 9.20 Å². The molecule has 0 fully saturated rings. The van der Waals surface area contributed by atoms with Crippen LogP contribution in [0, 0.1) is 0 Å². The minimum atomic E-state index is -4.64. The molecule has 1 aromatic carbocycles. The summed E-state index contributed by atoms with van der Waals surface area (Å²) in [5, 5.41) is 9.83. The third-order valence-corrected chi connectivity index (χ3v) is 5.22. The molecule has 2 aromatic heterocycles. The lowest BCUT2D eigenvalue weighted by atomic mass is 10.1. The number of aromatic nitrogens is 3. The number of hydrogen-bond donors (Lipinski definition) is 1. The Hall–Kier alpha value is -3.27. The maximum Gasteiger partial charge on any atom is 0.420 e. The van der Waals surface area contributed by atoms with E-state index in [1.54, 1.807) is 6.08 Å². The maximum absolute atomic E-state index is 13.2. The summed E-state index contributed by atoms with van der Waals surface area (Å²) in [5.74, 6) is 1.02. The van der Waals surface area contributed by atoms with E-state index < -0.39 is 17.6 Å². The summed E-state index contributed by atoms with van der Waals surface area (Å²) >= 11 is 5.83. The van der Waals surface area contributed by atoms with Crippen molar-refractivity contribution in [2.75, 3.05) is 6.61 Å². The molecule has 3 heterocycles. The number of fused-ring (bicyclic) bond motifs is 2. The lowest BCUT2D eigenvalue weighted by Crippen LogP contribution is -2.21. The molecule has 0 bridgehead atoms. The monoisotopic (exact) mass is 480 g/mol. The quantitative estimate of drug-likeness (QED) is 0.527. The molecule has 3 aromatic rings. The first-order valence-corrected chi connectivity index (χ1v) is 10.6. The van der Waals surface area contributed by atoms with Gasteiger partial charge in [0.1, 0.15) is 23.2 Å². The summed E-state index contributed by atoms with van der Waals surface area (Å²) in [6.07, 6.45) is 0.377. The fraction of sp³-hybridized carbons (Fsp3) is 0.318. The molecule has 0 saturated carbocycles. The Morgan fingerprint density at radius 2 is 2.15 bits per heavy atom. The number of pyridine rings is 1. The number of rotatable bonds is 6. The SMILES string of the molecule is CCOc1cc2c(cc1C=CC(=O)NCc1nnc3c(C(F)(F)F)cc(Cl)cn13)OC(C)C2. The number of hydrogen-bond acceptors (Lipinski definition) is 5. The van der Waals surface area contributed by atoms with Crippen LogP contribution in [0.3, 0.4) is 0 Å². The summed E-state index contributed by atoms with van der Waals surface area (Å²) < 4.78 is 52.3. The van der Waals surface area contributed by atoms with Crippen LogP contribution in [0.2, 0.25) is 5.02 Å². The minimum absolute atomic E-state index is 0.0707. The number of nitrogens with one attached hydrogen (secondary N) is 1. The molecule has 1 amide bonds. The Balaban J connectivity index is 1.50. The van der Waals surface area contributed by atoms with Crippen molar-refractivity contribution in [3.63, 3.8) is 0 Å². The van der Waals surface area contributed by atoms with E-state index in [-0.39, 0.29) is 29.1 Å². The summed E-state index contributed by atoms with van der Waals surface area (Å²) in [5.41, 5.74) is 0.328. The van der Waals surface area contributed by atoms with Crippen LogP contribution in [0.1, 0.15) is 36.4 Å². The van der Waals surface area contributed by atoms with Gasteiger partial charge in [-0.1, -0.05) is 11.6 Å². The molecular weight excluding hydrogens is 461 g/mol. The molecular formula is C22H20ClF3N4O3. The van der Waals surface area contributed by atoms with Crippen molar-refractivity contribution < 1.29 is 27.4 Å². The normalized spacial score (nSPS) is 15.6. The number of alkyl halides is 3. The molecule has 1 aliphatic heterocycles. The van der Waals surface area contributed by atoms with Gasteiger partial charge in [-0.05, 0) is 38.1 Å². The molecule has 7 nitrogen and oxygen atoms in total. The van der Waals surface area contributed by atoms with E-state index in [4.69, 9.17) is 21.1 Å². The molecule has 33 heavy (non-hydrogen) atoms. The van der Waals surface area contributed by atoms with Crippen LogP contribution < -0.4 is 14.8 Å². The van der Waals surface area contributed by atoms with E-state index in [1.165, 1.54) is 12.3 Å². The molecule has 0 aliphatic carbocycles. The minimum Gasteiger partial charge on any atom is -0.493 e. The summed E-state index contributed by atoms with van der Waals surface area (Å²) in [7, 11) is 0. The van der Waals surface area contributed by atoms with Gasteiger partial charge in [0.05, 0.1) is 18.2 Å². The van der Waals surface area contributed by atoms with Gasteiger partial charge in [-0.25, -0.2) is 0 Å². The molecule has 4 rings (SSSR count). The van der Waals surface area contributed by atoms with Gasteiger partial charge >= 0.3 is 6.18 Å². The summed E-state index contributed by atoms with van der Waals surface area (Å²) in [4.78, 5) is 12.4. The van der Waals surface area contributed by atoms with Crippen molar-refractivity contribution >= 4 is 29.2 Å². The van der Waals surface area contributed by atoms with Crippen molar-refractivity contribution in [3.8, 4) is 11.5 Å². The predicted octanol–water partition coefficient (Wildman–Crippen LogP) is 4.45. The van der Waals surface area contributed by atoms with E-state index in [0.29, 0.717) is 17.9 Å². The Labute approximate surface area is 192 Å². The molecule has 0 saturated heterocycles. The van der Waals surface area contributed by atoms with Crippen molar-refractivity contribution in [3.05, 3.63) is 58.0 Å². The topological polar surface area (TPSA) is 77.8 Å². The number of halogens is 4. The van der Waals surface area contributed by atoms with Gasteiger partial charge < -0.3 is 14.8 Å². The Morgan fingerprint density at radius 1 is 1.36 bits per heavy atom. The Kier molecular flexibility index (Phi) is 6.20. The zero-order valence-electron chi connectivity index (χ0n) is 17.7. The van der Waals surface area contributed by atoms with Gasteiger partial charge in [0.25, 0.3) is 0 Å². The largest absolute Gasteiger partial charge is 0.493 e. The molecule has 1 atom stereocenters. The molecule has 1 N–H and O–H groups in total. The number of benzene rings is 1. The van der Waals surface area contributed by atoms with Crippen LogP contribution in [-0.4, -0.2) is 33.2 Å². The summed E-state index contributed by atoms with van der Waals surface area (Å²) in [6, 6.07) is 4.51. The van der Waals surface area contributed by atoms with Gasteiger partial charge in [0, 0.05) is 29.8 Å². The highest BCUT2D eigenvalue weighted by atomic mass is 35.5.